The molecule has 0 bridgehead atoms. The summed E-state index contributed by atoms with van der Waals surface area (Å²) in [6.45, 7) is 0.784. The maximum absolute atomic E-state index is 9.16. The maximum atomic E-state index is 9.16. The van der Waals surface area contributed by atoms with Crippen LogP contribution in [0.4, 0.5) is 5.69 Å². The summed E-state index contributed by atoms with van der Waals surface area (Å²) in [4.78, 5) is 0. The average Bonchev–Trinajstić information content (AvgIpc) is 2.23. The van der Waals surface area contributed by atoms with Gasteiger partial charge in [-0.1, -0.05) is 11.6 Å². The van der Waals surface area contributed by atoms with Crippen LogP contribution in [0.1, 0.15) is 18.4 Å². The first-order valence-corrected chi connectivity index (χ1v) is 5.68. The van der Waals surface area contributed by atoms with Gasteiger partial charge in [0.15, 0.2) is 0 Å². The van der Waals surface area contributed by atoms with Crippen LogP contribution in [0.2, 0.25) is 5.02 Å². The molecule has 0 heterocycles. The summed E-state index contributed by atoms with van der Waals surface area (Å²) in [6, 6.07) is 7.30. The Balaban J connectivity index is 1.98. The van der Waals surface area contributed by atoms with Crippen LogP contribution in [0.5, 0.6) is 0 Å². The van der Waals surface area contributed by atoms with Crippen LogP contribution in [0.15, 0.2) is 18.2 Å². The topological polar surface area (TPSA) is 56.0 Å². The van der Waals surface area contributed by atoms with Crippen LogP contribution < -0.4 is 5.32 Å². The van der Waals surface area contributed by atoms with Gasteiger partial charge >= 0.3 is 0 Å². The number of hydrogen-bond donors (Lipinski definition) is 2. The fourth-order valence-corrected chi connectivity index (χ4v) is 2.05. The molecule has 0 aromatic heterocycles. The number of halogens is 1. The van der Waals surface area contributed by atoms with E-state index in [1.807, 2.05) is 0 Å². The van der Waals surface area contributed by atoms with Gasteiger partial charge in [-0.05, 0) is 37.0 Å². The van der Waals surface area contributed by atoms with Crippen LogP contribution >= 0.6 is 11.6 Å². The summed E-state index contributed by atoms with van der Waals surface area (Å²) in [5, 5.41) is 21.9. The first kappa shape index (κ1) is 11.3. The Morgan fingerprint density at radius 2 is 2.25 bits per heavy atom. The average molecular weight is 237 g/mol. The molecule has 0 radical (unpaired) electrons. The molecule has 4 heteroatoms. The summed E-state index contributed by atoms with van der Waals surface area (Å²) in [7, 11) is 0. The molecule has 1 aliphatic carbocycles. The normalized spacial score (nSPS) is 23.3. The lowest BCUT2D eigenvalue weighted by atomic mass is 9.82. The van der Waals surface area contributed by atoms with Crippen molar-refractivity contribution >= 4 is 17.3 Å². The summed E-state index contributed by atoms with van der Waals surface area (Å²) >= 11 is 5.87. The third-order valence-corrected chi connectivity index (χ3v) is 3.13. The van der Waals surface area contributed by atoms with E-state index >= 15 is 0 Å². The molecule has 1 saturated carbocycles. The van der Waals surface area contributed by atoms with Crippen molar-refractivity contribution in [2.45, 2.75) is 18.9 Å². The van der Waals surface area contributed by atoms with Gasteiger partial charge in [-0.15, -0.1) is 0 Å². The summed E-state index contributed by atoms with van der Waals surface area (Å²) in [5.41, 5.74) is 1.38. The molecule has 16 heavy (non-hydrogen) atoms. The Morgan fingerprint density at radius 3 is 2.88 bits per heavy atom. The molecule has 1 fully saturated rings. The maximum Gasteiger partial charge on any atom is 0.101 e. The SMILES string of the molecule is N#Cc1ccc(Cl)cc1NCC1CC(O)C1. The van der Waals surface area contributed by atoms with Crippen LogP contribution in [-0.4, -0.2) is 17.8 Å². The lowest BCUT2D eigenvalue weighted by Crippen LogP contribution is -2.33. The Morgan fingerprint density at radius 1 is 1.50 bits per heavy atom. The number of anilines is 1. The molecule has 0 aliphatic heterocycles. The minimum absolute atomic E-state index is 0.137. The van der Waals surface area contributed by atoms with Crippen molar-refractivity contribution in [3.8, 4) is 6.07 Å². The molecule has 84 valence electrons. The van der Waals surface area contributed by atoms with E-state index in [1.165, 1.54) is 0 Å². The van der Waals surface area contributed by atoms with E-state index in [-0.39, 0.29) is 6.10 Å². The van der Waals surface area contributed by atoms with E-state index in [2.05, 4.69) is 11.4 Å². The van der Waals surface area contributed by atoms with Crippen LogP contribution in [0, 0.1) is 17.2 Å². The van der Waals surface area contributed by atoms with Crippen LogP contribution in [0.25, 0.3) is 0 Å². The Bertz CT molecular complexity index is 422. The van der Waals surface area contributed by atoms with Gasteiger partial charge in [0.25, 0.3) is 0 Å². The molecule has 0 amide bonds. The fraction of sp³-hybridized carbons (Fsp3) is 0.417. The van der Waals surface area contributed by atoms with Crippen molar-refractivity contribution in [2.75, 3.05) is 11.9 Å². The van der Waals surface area contributed by atoms with Crippen molar-refractivity contribution in [1.82, 2.24) is 0 Å². The minimum Gasteiger partial charge on any atom is -0.393 e. The first-order chi connectivity index (χ1) is 7.69. The highest BCUT2D eigenvalue weighted by molar-refractivity contribution is 6.30. The number of aliphatic hydroxyl groups is 1. The molecular formula is C12H13ClN2O. The molecule has 3 nitrogen and oxygen atoms in total. The Kier molecular flexibility index (Phi) is 3.33. The number of benzene rings is 1. The Hall–Kier alpha value is -1.24. The van der Waals surface area contributed by atoms with Crippen LogP contribution in [-0.2, 0) is 0 Å². The van der Waals surface area contributed by atoms with Gasteiger partial charge in [-0.25, -0.2) is 0 Å². The number of nitrogens with one attached hydrogen (secondary N) is 1. The van der Waals surface area contributed by atoms with Crippen molar-refractivity contribution in [1.29, 1.82) is 5.26 Å². The van der Waals surface area contributed by atoms with Crippen molar-refractivity contribution in [2.24, 2.45) is 5.92 Å². The number of aliphatic hydroxyl groups excluding tert-OH is 1. The molecule has 2 N–H and O–H groups in total. The van der Waals surface area contributed by atoms with E-state index < -0.39 is 0 Å². The van der Waals surface area contributed by atoms with Gasteiger partial charge in [0, 0.05) is 11.6 Å². The summed E-state index contributed by atoms with van der Waals surface area (Å²) < 4.78 is 0. The van der Waals surface area contributed by atoms with Gasteiger partial charge in [0.05, 0.1) is 17.4 Å². The number of nitrogens with zero attached hydrogens (tertiary/aromatic N) is 1. The van der Waals surface area contributed by atoms with Gasteiger partial charge in [0.2, 0.25) is 0 Å². The summed E-state index contributed by atoms with van der Waals surface area (Å²) in [5.74, 6) is 0.500. The monoisotopic (exact) mass is 236 g/mol. The van der Waals surface area contributed by atoms with Crippen molar-refractivity contribution < 1.29 is 5.11 Å². The van der Waals surface area contributed by atoms with E-state index in [1.54, 1.807) is 18.2 Å². The lowest BCUT2D eigenvalue weighted by molar-refractivity contribution is 0.0487. The molecule has 1 aliphatic rings. The van der Waals surface area contributed by atoms with Gasteiger partial charge in [-0.3, -0.25) is 0 Å². The highest BCUT2D eigenvalue weighted by atomic mass is 35.5. The summed E-state index contributed by atoms with van der Waals surface area (Å²) in [6.07, 6.45) is 1.55. The zero-order valence-corrected chi connectivity index (χ0v) is 9.54. The highest BCUT2D eigenvalue weighted by Gasteiger charge is 2.26. The smallest absolute Gasteiger partial charge is 0.101 e. The molecule has 1 aromatic carbocycles. The van der Waals surface area contributed by atoms with Gasteiger partial charge < -0.3 is 10.4 Å². The molecule has 2 rings (SSSR count). The second kappa shape index (κ2) is 4.73. The second-order valence-electron chi connectivity index (χ2n) is 4.17. The van der Waals surface area contributed by atoms with Crippen molar-refractivity contribution in [3.63, 3.8) is 0 Å². The molecule has 0 saturated heterocycles. The molecule has 0 atom stereocenters. The molecular weight excluding hydrogens is 224 g/mol. The van der Waals surface area contributed by atoms with E-state index in [0.29, 0.717) is 16.5 Å². The van der Waals surface area contributed by atoms with Gasteiger partial charge in [-0.2, -0.15) is 5.26 Å². The predicted molar refractivity (Wildman–Crippen MR) is 63.4 cm³/mol. The van der Waals surface area contributed by atoms with Crippen LogP contribution in [0.3, 0.4) is 0 Å². The number of nitriles is 1. The first-order valence-electron chi connectivity index (χ1n) is 5.30. The number of hydrogen-bond acceptors (Lipinski definition) is 3. The number of rotatable bonds is 3. The molecule has 0 spiro atoms. The largest absolute Gasteiger partial charge is 0.393 e. The van der Waals surface area contributed by atoms with E-state index in [9.17, 15) is 0 Å². The van der Waals surface area contributed by atoms with E-state index in [4.69, 9.17) is 22.0 Å². The fourth-order valence-electron chi connectivity index (χ4n) is 1.88. The minimum atomic E-state index is -0.137. The lowest BCUT2D eigenvalue weighted by Gasteiger charge is -2.31. The third kappa shape index (κ3) is 2.46. The van der Waals surface area contributed by atoms with Crippen molar-refractivity contribution in [3.05, 3.63) is 28.8 Å². The zero-order valence-electron chi connectivity index (χ0n) is 8.78. The molecule has 0 unspecified atom stereocenters. The Labute approximate surface area is 99.7 Å². The highest BCUT2D eigenvalue weighted by Crippen LogP contribution is 2.28. The zero-order chi connectivity index (χ0) is 11.5. The third-order valence-electron chi connectivity index (χ3n) is 2.89. The second-order valence-corrected chi connectivity index (χ2v) is 4.61. The quantitative estimate of drug-likeness (QED) is 0.847. The van der Waals surface area contributed by atoms with Gasteiger partial charge in [0.1, 0.15) is 6.07 Å². The standard InChI is InChI=1S/C12H13ClN2O/c13-10-2-1-9(6-14)12(5-10)15-7-8-3-11(16)4-8/h1-2,5,8,11,15-16H,3-4,7H2. The molecule has 1 aromatic rings. The van der Waals surface area contributed by atoms with E-state index in [0.717, 1.165) is 25.1 Å². The predicted octanol–water partition coefficient (Wildman–Crippen LogP) is 2.39.